The van der Waals surface area contributed by atoms with Gasteiger partial charge in [-0.25, -0.2) is 4.98 Å². The van der Waals surface area contributed by atoms with E-state index >= 15 is 0 Å². The molecule has 2 aromatic carbocycles. The summed E-state index contributed by atoms with van der Waals surface area (Å²) < 4.78 is 2.01. The number of benzene rings is 2. The van der Waals surface area contributed by atoms with E-state index in [4.69, 9.17) is 0 Å². The van der Waals surface area contributed by atoms with Crippen LogP contribution in [0.25, 0.3) is 5.69 Å². The zero-order valence-electron chi connectivity index (χ0n) is 13.5. The van der Waals surface area contributed by atoms with Gasteiger partial charge in [-0.1, -0.05) is 30.3 Å². The third kappa shape index (κ3) is 2.83. The van der Waals surface area contributed by atoms with Crippen LogP contribution in [0.2, 0.25) is 0 Å². The molecule has 0 bridgehead atoms. The van der Waals surface area contributed by atoms with Gasteiger partial charge in [0, 0.05) is 29.7 Å². The van der Waals surface area contributed by atoms with E-state index in [1.807, 2.05) is 60.2 Å². The van der Waals surface area contributed by atoms with E-state index in [0.29, 0.717) is 5.92 Å². The topological polar surface area (TPSA) is 46.9 Å². The fraction of sp³-hybridized carbons (Fsp3) is 0.200. The Labute approximate surface area is 141 Å². The number of carbonyl (C=O) groups is 1. The minimum absolute atomic E-state index is 0.0861. The second-order valence-corrected chi connectivity index (χ2v) is 6.24. The van der Waals surface area contributed by atoms with Crippen LogP contribution in [0.1, 0.15) is 23.7 Å². The van der Waals surface area contributed by atoms with Gasteiger partial charge in [-0.3, -0.25) is 4.79 Å². The lowest BCUT2D eigenvalue weighted by Gasteiger charge is -2.08. The molecule has 4 heteroatoms. The molecule has 2 atom stereocenters. The predicted molar refractivity (Wildman–Crippen MR) is 94.2 cm³/mol. The minimum Gasteiger partial charge on any atom is -0.326 e. The van der Waals surface area contributed by atoms with E-state index in [2.05, 4.69) is 22.4 Å². The number of aromatic nitrogens is 2. The summed E-state index contributed by atoms with van der Waals surface area (Å²) in [6.07, 6.45) is 4.64. The lowest BCUT2D eigenvalue weighted by Crippen LogP contribution is -2.14. The first-order valence-electron chi connectivity index (χ1n) is 8.18. The van der Waals surface area contributed by atoms with Gasteiger partial charge in [0.15, 0.2) is 0 Å². The molecular formula is C20H19N3O. The molecule has 1 aliphatic carbocycles. The van der Waals surface area contributed by atoms with Crippen molar-refractivity contribution in [3.8, 4) is 5.69 Å². The van der Waals surface area contributed by atoms with E-state index in [0.717, 1.165) is 23.6 Å². The molecule has 0 aliphatic heterocycles. The second-order valence-electron chi connectivity index (χ2n) is 6.24. The third-order valence-corrected chi connectivity index (χ3v) is 4.59. The number of imidazole rings is 1. The van der Waals surface area contributed by atoms with Crippen molar-refractivity contribution in [2.75, 3.05) is 5.32 Å². The van der Waals surface area contributed by atoms with Gasteiger partial charge in [0.25, 0.3) is 0 Å². The number of anilines is 1. The number of carbonyl (C=O) groups excluding carboxylic acids is 1. The van der Waals surface area contributed by atoms with Gasteiger partial charge < -0.3 is 9.88 Å². The molecule has 1 saturated carbocycles. The van der Waals surface area contributed by atoms with Crippen molar-refractivity contribution >= 4 is 11.6 Å². The van der Waals surface area contributed by atoms with Crippen LogP contribution in [0.5, 0.6) is 0 Å². The number of rotatable bonds is 4. The molecule has 0 radical (unpaired) electrons. The van der Waals surface area contributed by atoms with Gasteiger partial charge in [0.2, 0.25) is 5.91 Å². The molecular weight excluding hydrogens is 298 g/mol. The van der Waals surface area contributed by atoms with E-state index in [1.54, 1.807) is 6.20 Å². The summed E-state index contributed by atoms with van der Waals surface area (Å²) in [5.41, 5.74) is 3.13. The summed E-state index contributed by atoms with van der Waals surface area (Å²) in [4.78, 5) is 16.6. The lowest BCUT2D eigenvalue weighted by atomic mass is 10.1. The van der Waals surface area contributed by atoms with Crippen molar-refractivity contribution in [3.05, 3.63) is 78.4 Å². The Morgan fingerprint density at radius 2 is 1.88 bits per heavy atom. The van der Waals surface area contributed by atoms with Crippen LogP contribution >= 0.6 is 0 Å². The Balaban J connectivity index is 1.41. The van der Waals surface area contributed by atoms with Gasteiger partial charge in [-0.2, -0.15) is 0 Å². The standard InChI is InChI=1S/C20H19N3O/c1-14-21-11-12-23(14)17-9-7-16(8-10-17)22-20(24)19-13-18(19)15-5-3-2-4-6-15/h2-12,18-19H,13H2,1H3,(H,22,24). The molecule has 0 spiro atoms. The van der Waals surface area contributed by atoms with Crippen molar-refractivity contribution < 1.29 is 4.79 Å². The Morgan fingerprint density at radius 1 is 1.12 bits per heavy atom. The van der Waals surface area contributed by atoms with Crippen molar-refractivity contribution in [3.63, 3.8) is 0 Å². The Hall–Kier alpha value is -2.88. The van der Waals surface area contributed by atoms with Crippen molar-refractivity contribution in [2.24, 2.45) is 5.92 Å². The maximum Gasteiger partial charge on any atom is 0.228 e. The van der Waals surface area contributed by atoms with Crippen LogP contribution in [0.3, 0.4) is 0 Å². The third-order valence-electron chi connectivity index (χ3n) is 4.59. The number of nitrogens with zero attached hydrogens (tertiary/aromatic N) is 2. The van der Waals surface area contributed by atoms with Crippen molar-refractivity contribution in [1.82, 2.24) is 9.55 Å². The van der Waals surface area contributed by atoms with Gasteiger partial charge >= 0.3 is 0 Å². The maximum absolute atomic E-state index is 12.4. The highest BCUT2D eigenvalue weighted by molar-refractivity contribution is 5.95. The highest BCUT2D eigenvalue weighted by Gasteiger charge is 2.43. The molecule has 1 aliphatic rings. The van der Waals surface area contributed by atoms with Gasteiger partial charge in [0.1, 0.15) is 5.82 Å². The maximum atomic E-state index is 12.4. The van der Waals surface area contributed by atoms with E-state index in [-0.39, 0.29) is 11.8 Å². The number of nitrogens with one attached hydrogen (secondary N) is 1. The average molecular weight is 317 g/mol. The number of hydrogen-bond donors (Lipinski definition) is 1. The molecule has 1 heterocycles. The molecule has 3 aromatic rings. The molecule has 1 aromatic heterocycles. The summed E-state index contributed by atoms with van der Waals surface area (Å²) in [6, 6.07) is 18.1. The van der Waals surface area contributed by atoms with Crippen LogP contribution in [0.15, 0.2) is 67.0 Å². The highest BCUT2D eigenvalue weighted by Crippen LogP contribution is 2.47. The van der Waals surface area contributed by atoms with Crippen LogP contribution in [-0.2, 0) is 4.79 Å². The molecule has 2 unspecified atom stereocenters. The van der Waals surface area contributed by atoms with Crippen LogP contribution < -0.4 is 5.32 Å². The zero-order chi connectivity index (χ0) is 16.5. The normalized spacial score (nSPS) is 19.0. The summed E-state index contributed by atoms with van der Waals surface area (Å²) >= 11 is 0. The molecule has 120 valence electrons. The molecule has 4 rings (SSSR count). The minimum atomic E-state index is 0.0861. The summed E-state index contributed by atoms with van der Waals surface area (Å²) in [5.74, 6) is 1.49. The Kier molecular flexibility index (Phi) is 3.65. The average Bonchev–Trinajstić information content (AvgIpc) is 3.31. The largest absolute Gasteiger partial charge is 0.326 e. The van der Waals surface area contributed by atoms with E-state index in [1.165, 1.54) is 5.56 Å². The first-order valence-corrected chi connectivity index (χ1v) is 8.18. The molecule has 0 saturated heterocycles. The van der Waals surface area contributed by atoms with Crippen LogP contribution in [0, 0.1) is 12.8 Å². The monoisotopic (exact) mass is 317 g/mol. The summed E-state index contributed by atoms with van der Waals surface area (Å²) in [6.45, 7) is 1.96. The quantitative estimate of drug-likeness (QED) is 0.792. The van der Waals surface area contributed by atoms with Crippen molar-refractivity contribution in [2.45, 2.75) is 19.3 Å². The number of aryl methyl sites for hydroxylation is 1. The molecule has 1 amide bonds. The second kappa shape index (κ2) is 5.96. The Morgan fingerprint density at radius 3 is 2.54 bits per heavy atom. The smallest absolute Gasteiger partial charge is 0.228 e. The van der Waals surface area contributed by atoms with Crippen molar-refractivity contribution in [1.29, 1.82) is 0 Å². The first-order chi connectivity index (χ1) is 11.7. The van der Waals surface area contributed by atoms with Crippen LogP contribution in [-0.4, -0.2) is 15.5 Å². The zero-order valence-corrected chi connectivity index (χ0v) is 13.5. The number of hydrogen-bond acceptors (Lipinski definition) is 2. The highest BCUT2D eigenvalue weighted by atomic mass is 16.2. The summed E-state index contributed by atoms with van der Waals surface area (Å²) in [5, 5.41) is 3.03. The van der Waals surface area contributed by atoms with Crippen LogP contribution in [0.4, 0.5) is 5.69 Å². The van der Waals surface area contributed by atoms with Gasteiger partial charge in [-0.15, -0.1) is 0 Å². The Bertz CT molecular complexity index is 852. The number of amides is 1. The fourth-order valence-electron chi connectivity index (χ4n) is 3.14. The van der Waals surface area contributed by atoms with E-state index in [9.17, 15) is 4.79 Å². The SMILES string of the molecule is Cc1nccn1-c1ccc(NC(=O)C2CC2c2ccccc2)cc1. The molecule has 24 heavy (non-hydrogen) atoms. The lowest BCUT2D eigenvalue weighted by molar-refractivity contribution is -0.117. The molecule has 1 fully saturated rings. The molecule has 4 nitrogen and oxygen atoms in total. The van der Waals surface area contributed by atoms with E-state index < -0.39 is 0 Å². The predicted octanol–water partition coefficient (Wildman–Crippen LogP) is 3.92. The first kappa shape index (κ1) is 14.7. The summed E-state index contributed by atoms with van der Waals surface area (Å²) in [7, 11) is 0. The fourth-order valence-corrected chi connectivity index (χ4v) is 3.14. The molecule has 1 N–H and O–H groups in total. The van der Waals surface area contributed by atoms with Gasteiger partial charge in [0.05, 0.1) is 0 Å². The van der Waals surface area contributed by atoms with Gasteiger partial charge in [-0.05, 0) is 49.1 Å².